The van der Waals surface area contributed by atoms with Crippen LogP contribution in [0.25, 0.3) is 0 Å². The van der Waals surface area contributed by atoms with Gasteiger partial charge in [0.15, 0.2) is 0 Å². The third-order valence-corrected chi connectivity index (χ3v) is 1.59. The molecule has 80 valence electrons. The van der Waals surface area contributed by atoms with E-state index >= 15 is 0 Å². The van der Waals surface area contributed by atoms with Gasteiger partial charge in [0.1, 0.15) is 12.6 Å². The molecule has 0 aromatic rings. The molecule has 0 aromatic carbocycles. The number of rotatable bonds is 5. The van der Waals surface area contributed by atoms with Crippen molar-refractivity contribution in [2.75, 3.05) is 34.3 Å². The van der Waals surface area contributed by atoms with E-state index in [1.165, 1.54) is 0 Å². The van der Waals surface area contributed by atoms with Crippen LogP contribution in [-0.2, 0) is 14.6 Å². The fourth-order valence-corrected chi connectivity index (χ4v) is 1.17. The zero-order chi connectivity index (χ0) is 10.7. The zero-order valence-electron chi connectivity index (χ0n) is 7.93. The van der Waals surface area contributed by atoms with Gasteiger partial charge in [-0.25, -0.2) is 8.42 Å². The molecular formula is C6H15NO5S. The quantitative estimate of drug-likeness (QED) is 0.342. The maximum atomic E-state index is 10.0. The topological polar surface area (TPSA) is 86.7 Å². The number of quaternary nitrogens is 1. The van der Waals surface area contributed by atoms with E-state index in [0.717, 1.165) is 0 Å². The van der Waals surface area contributed by atoms with Crippen LogP contribution in [0.5, 0.6) is 0 Å². The van der Waals surface area contributed by atoms with Crippen LogP contribution in [0.2, 0.25) is 0 Å². The van der Waals surface area contributed by atoms with Crippen LogP contribution in [0.4, 0.5) is 0 Å². The van der Waals surface area contributed by atoms with E-state index in [4.69, 9.17) is 0 Å². The molecule has 0 rings (SSSR count). The lowest BCUT2D eigenvalue weighted by atomic mass is 10.3. The van der Waals surface area contributed by atoms with Crippen LogP contribution >= 0.6 is 0 Å². The van der Waals surface area contributed by atoms with Crippen LogP contribution < -0.4 is 0 Å². The van der Waals surface area contributed by atoms with E-state index in [0.29, 0.717) is 11.0 Å². The molecule has 1 unspecified atom stereocenters. The summed E-state index contributed by atoms with van der Waals surface area (Å²) in [5.74, 6) is 0. The van der Waals surface area contributed by atoms with E-state index in [1.807, 2.05) is 21.1 Å². The first-order valence-electron chi connectivity index (χ1n) is 3.69. The largest absolute Gasteiger partial charge is 0.726 e. The highest BCUT2D eigenvalue weighted by Crippen LogP contribution is 1.97. The van der Waals surface area contributed by atoms with Gasteiger partial charge in [0.25, 0.3) is 0 Å². The van der Waals surface area contributed by atoms with E-state index in [-0.39, 0.29) is 0 Å². The molecule has 7 heteroatoms. The van der Waals surface area contributed by atoms with Gasteiger partial charge in [-0.2, -0.15) is 0 Å². The van der Waals surface area contributed by atoms with E-state index in [1.54, 1.807) is 0 Å². The molecule has 1 N–H and O–H groups in total. The van der Waals surface area contributed by atoms with Crippen molar-refractivity contribution < 1.29 is 26.7 Å². The van der Waals surface area contributed by atoms with Crippen LogP contribution in [0.3, 0.4) is 0 Å². The summed E-state index contributed by atoms with van der Waals surface area (Å²) in [6.07, 6.45) is -0.955. The van der Waals surface area contributed by atoms with Crippen LogP contribution in [0.1, 0.15) is 0 Å². The summed E-state index contributed by atoms with van der Waals surface area (Å²) in [5, 5.41) is 9.20. The first-order chi connectivity index (χ1) is 5.60. The predicted octanol–water partition coefficient (Wildman–Crippen LogP) is -1.47. The van der Waals surface area contributed by atoms with Crippen molar-refractivity contribution in [1.29, 1.82) is 0 Å². The van der Waals surface area contributed by atoms with Crippen LogP contribution in [0.15, 0.2) is 0 Å². The monoisotopic (exact) mass is 213 g/mol. The minimum absolute atomic E-state index is 0.315. The summed E-state index contributed by atoms with van der Waals surface area (Å²) in [7, 11) is 0.793. The molecule has 0 heterocycles. The second-order valence-electron chi connectivity index (χ2n) is 3.82. The van der Waals surface area contributed by atoms with Gasteiger partial charge < -0.3 is 14.1 Å². The Morgan fingerprint density at radius 2 is 1.92 bits per heavy atom. The Hall–Kier alpha value is -0.210. The fourth-order valence-electron chi connectivity index (χ4n) is 0.847. The number of hydrogen-bond donors (Lipinski definition) is 1. The lowest BCUT2D eigenvalue weighted by Gasteiger charge is -2.26. The van der Waals surface area contributed by atoms with Gasteiger partial charge >= 0.3 is 0 Å². The third-order valence-electron chi connectivity index (χ3n) is 1.16. The minimum Gasteiger partial charge on any atom is -0.726 e. The third kappa shape index (κ3) is 9.71. The summed E-state index contributed by atoms with van der Waals surface area (Å²) >= 11 is 0. The summed E-state index contributed by atoms with van der Waals surface area (Å²) in [4.78, 5) is 0. The maximum absolute atomic E-state index is 10.0. The molecule has 0 fully saturated rings. The molecule has 0 saturated carbocycles. The van der Waals surface area contributed by atoms with Gasteiger partial charge in [-0.05, 0) is 0 Å². The molecule has 0 radical (unpaired) electrons. The number of nitrogens with zero attached hydrogens (tertiary/aromatic N) is 1. The van der Waals surface area contributed by atoms with E-state index < -0.39 is 23.1 Å². The van der Waals surface area contributed by atoms with Crippen molar-refractivity contribution >= 4 is 10.4 Å². The van der Waals surface area contributed by atoms with E-state index in [9.17, 15) is 18.1 Å². The Kier molecular flexibility index (Phi) is 4.27. The Labute approximate surface area is 78.3 Å². The average molecular weight is 213 g/mol. The van der Waals surface area contributed by atoms with Crippen LogP contribution in [0, 0.1) is 0 Å². The molecule has 0 aromatic heterocycles. The summed E-state index contributed by atoms with van der Waals surface area (Å²) in [6.45, 7) is -0.170. The summed E-state index contributed by atoms with van der Waals surface area (Å²) in [5.41, 5.74) is 0. The molecule has 0 spiro atoms. The van der Waals surface area contributed by atoms with Crippen molar-refractivity contribution in [3.8, 4) is 0 Å². The summed E-state index contributed by atoms with van der Waals surface area (Å²) < 4.78 is 34.4. The van der Waals surface area contributed by atoms with Gasteiger partial charge in [-0.1, -0.05) is 0 Å². The van der Waals surface area contributed by atoms with E-state index in [2.05, 4.69) is 4.18 Å². The second kappa shape index (κ2) is 4.34. The Bertz CT molecular complexity index is 242. The predicted molar refractivity (Wildman–Crippen MR) is 44.6 cm³/mol. The number of hydrogen-bond acceptors (Lipinski definition) is 5. The van der Waals surface area contributed by atoms with Crippen molar-refractivity contribution in [3.63, 3.8) is 0 Å². The summed E-state index contributed by atoms with van der Waals surface area (Å²) in [6, 6.07) is 0. The Morgan fingerprint density at radius 1 is 1.46 bits per heavy atom. The molecule has 1 atom stereocenters. The first-order valence-corrected chi connectivity index (χ1v) is 5.02. The maximum Gasteiger partial charge on any atom is 0.217 e. The second-order valence-corrected chi connectivity index (χ2v) is 4.87. The highest BCUT2D eigenvalue weighted by atomic mass is 32.3. The van der Waals surface area contributed by atoms with Gasteiger partial charge in [0.2, 0.25) is 10.4 Å². The highest BCUT2D eigenvalue weighted by Gasteiger charge is 2.16. The van der Waals surface area contributed by atoms with Crippen LogP contribution in [-0.4, -0.2) is 63.0 Å². The number of aliphatic hydroxyl groups excluding tert-OH is 1. The molecule has 0 aliphatic heterocycles. The molecule has 6 nitrogen and oxygen atoms in total. The average Bonchev–Trinajstić information content (AvgIpc) is 1.78. The molecule has 13 heavy (non-hydrogen) atoms. The SMILES string of the molecule is C[N+](C)(C)CC(O)COS(=O)(=O)[O-]. The Balaban J connectivity index is 3.84. The number of aliphatic hydroxyl groups is 1. The zero-order valence-corrected chi connectivity index (χ0v) is 8.74. The van der Waals surface area contributed by atoms with Crippen molar-refractivity contribution in [2.45, 2.75) is 6.10 Å². The van der Waals surface area contributed by atoms with Gasteiger partial charge in [0, 0.05) is 0 Å². The molecule has 0 aliphatic rings. The molecule has 0 saturated heterocycles. The van der Waals surface area contributed by atoms with Crippen molar-refractivity contribution in [1.82, 2.24) is 0 Å². The van der Waals surface area contributed by atoms with Gasteiger partial charge in [-0.3, -0.25) is 4.18 Å². The smallest absolute Gasteiger partial charge is 0.217 e. The van der Waals surface area contributed by atoms with Crippen molar-refractivity contribution in [2.24, 2.45) is 0 Å². The fraction of sp³-hybridized carbons (Fsp3) is 1.00. The lowest BCUT2D eigenvalue weighted by Crippen LogP contribution is -2.43. The molecular weight excluding hydrogens is 198 g/mol. The highest BCUT2D eigenvalue weighted by molar-refractivity contribution is 7.80. The first kappa shape index (κ1) is 12.8. The lowest BCUT2D eigenvalue weighted by molar-refractivity contribution is -0.873. The standard InChI is InChI=1S/C6H15NO5S/c1-7(2,3)4-6(8)5-12-13(9,10)11/h6,8H,4-5H2,1-3H3. The molecule has 0 aliphatic carbocycles. The minimum atomic E-state index is -4.69. The van der Waals surface area contributed by atoms with Gasteiger partial charge in [-0.15, -0.1) is 0 Å². The molecule has 0 bridgehead atoms. The number of likely N-dealkylation sites (N-methyl/N-ethyl adjacent to an activating group) is 1. The normalized spacial score (nSPS) is 15.8. The Morgan fingerprint density at radius 3 is 2.23 bits per heavy atom. The van der Waals surface area contributed by atoms with Crippen molar-refractivity contribution in [3.05, 3.63) is 0 Å². The van der Waals surface area contributed by atoms with Gasteiger partial charge in [0.05, 0.1) is 27.7 Å². The molecule has 0 amide bonds.